The summed E-state index contributed by atoms with van der Waals surface area (Å²) < 4.78 is 0. The number of hydrogen-bond acceptors (Lipinski definition) is 3. The highest BCUT2D eigenvalue weighted by Gasteiger charge is 2.29. The predicted molar refractivity (Wildman–Crippen MR) is 83.8 cm³/mol. The standard InChI is InChI=1S/C15H23N3O.ClH/c1-15(2,16)14(19)18-10-8-17(9-11-18)12-13-6-4-3-5-7-13;/h3-7H,8-12,16H2,1-2H3;1H. The number of benzene rings is 1. The van der Waals surface area contributed by atoms with E-state index in [0.29, 0.717) is 0 Å². The fourth-order valence-electron chi connectivity index (χ4n) is 2.36. The number of nitrogens with two attached hydrogens (primary N) is 1. The van der Waals surface area contributed by atoms with Gasteiger partial charge in [0.1, 0.15) is 0 Å². The van der Waals surface area contributed by atoms with E-state index in [1.807, 2.05) is 11.0 Å². The van der Waals surface area contributed by atoms with Crippen molar-refractivity contribution in [2.24, 2.45) is 5.73 Å². The Balaban J connectivity index is 0.00000200. The van der Waals surface area contributed by atoms with Crippen molar-refractivity contribution in [1.29, 1.82) is 0 Å². The van der Waals surface area contributed by atoms with Gasteiger partial charge in [-0.15, -0.1) is 12.4 Å². The smallest absolute Gasteiger partial charge is 0.242 e. The molecule has 5 heteroatoms. The Morgan fingerprint density at radius 3 is 2.20 bits per heavy atom. The second kappa shape index (κ2) is 7.07. The van der Waals surface area contributed by atoms with Crippen LogP contribution in [0.15, 0.2) is 30.3 Å². The summed E-state index contributed by atoms with van der Waals surface area (Å²) in [4.78, 5) is 16.3. The van der Waals surface area contributed by atoms with E-state index in [2.05, 4.69) is 29.2 Å². The number of nitrogens with zero attached hydrogens (tertiary/aromatic N) is 2. The average Bonchev–Trinajstić information content (AvgIpc) is 2.39. The Kier molecular flexibility index (Phi) is 5.99. The van der Waals surface area contributed by atoms with Gasteiger partial charge in [0, 0.05) is 32.7 Å². The van der Waals surface area contributed by atoms with E-state index in [1.165, 1.54) is 5.56 Å². The minimum absolute atomic E-state index is 0. The van der Waals surface area contributed by atoms with Gasteiger partial charge in [0.15, 0.2) is 0 Å². The fraction of sp³-hybridized carbons (Fsp3) is 0.533. The van der Waals surface area contributed by atoms with Crippen LogP contribution in [0.5, 0.6) is 0 Å². The molecule has 1 aliphatic heterocycles. The largest absolute Gasteiger partial charge is 0.339 e. The lowest BCUT2D eigenvalue weighted by molar-refractivity contribution is -0.137. The van der Waals surface area contributed by atoms with Crippen molar-refractivity contribution in [3.05, 3.63) is 35.9 Å². The molecular formula is C15H24ClN3O. The maximum absolute atomic E-state index is 12.1. The molecule has 1 saturated heterocycles. The van der Waals surface area contributed by atoms with Gasteiger partial charge in [-0.3, -0.25) is 9.69 Å². The molecule has 0 saturated carbocycles. The predicted octanol–water partition coefficient (Wildman–Crippen LogP) is 1.49. The molecule has 0 bridgehead atoms. The molecule has 0 aliphatic carbocycles. The van der Waals surface area contributed by atoms with Crippen molar-refractivity contribution in [3.63, 3.8) is 0 Å². The zero-order valence-corrected chi connectivity index (χ0v) is 13.0. The molecule has 0 spiro atoms. The van der Waals surface area contributed by atoms with Crippen LogP contribution in [0.25, 0.3) is 0 Å². The van der Waals surface area contributed by atoms with E-state index in [1.54, 1.807) is 13.8 Å². The summed E-state index contributed by atoms with van der Waals surface area (Å²) >= 11 is 0. The van der Waals surface area contributed by atoms with Crippen molar-refractivity contribution in [2.75, 3.05) is 26.2 Å². The Morgan fingerprint density at radius 2 is 1.70 bits per heavy atom. The number of carbonyl (C=O) groups excluding carboxylic acids is 1. The summed E-state index contributed by atoms with van der Waals surface area (Å²) in [5, 5.41) is 0. The van der Waals surface area contributed by atoms with Crippen LogP contribution >= 0.6 is 12.4 Å². The first-order valence-electron chi connectivity index (χ1n) is 6.81. The van der Waals surface area contributed by atoms with Crippen molar-refractivity contribution < 1.29 is 4.79 Å². The van der Waals surface area contributed by atoms with Crippen LogP contribution < -0.4 is 5.73 Å². The lowest BCUT2D eigenvalue weighted by Gasteiger charge is -2.37. The van der Waals surface area contributed by atoms with E-state index < -0.39 is 5.54 Å². The zero-order valence-electron chi connectivity index (χ0n) is 12.2. The van der Waals surface area contributed by atoms with Gasteiger partial charge < -0.3 is 10.6 Å². The van der Waals surface area contributed by atoms with Gasteiger partial charge in [-0.25, -0.2) is 0 Å². The number of rotatable bonds is 3. The lowest BCUT2D eigenvalue weighted by atomic mass is 10.0. The van der Waals surface area contributed by atoms with Crippen LogP contribution in [0.1, 0.15) is 19.4 Å². The van der Waals surface area contributed by atoms with Gasteiger partial charge >= 0.3 is 0 Å². The fourth-order valence-corrected chi connectivity index (χ4v) is 2.36. The molecule has 1 fully saturated rings. The van der Waals surface area contributed by atoms with Gasteiger partial charge in [-0.2, -0.15) is 0 Å². The van der Waals surface area contributed by atoms with Crippen LogP contribution in [0.3, 0.4) is 0 Å². The van der Waals surface area contributed by atoms with Gasteiger partial charge in [0.05, 0.1) is 5.54 Å². The van der Waals surface area contributed by atoms with Crippen molar-refractivity contribution in [2.45, 2.75) is 25.9 Å². The minimum atomic E-state index is -0.762. The molecule has 4 nitrogen and oxygen atoms in total. The number of hydrogen-bond donors (Lipinski definition) is 1. The zero-order chi connectivity index (χ0) is 13.9. The Hall–Kier alpha value is -1.10. The SMILES string of the molecule is CC(C)(N)C(=O)N1CCN(Cc2ccccc2)CC1.Cl. The third kappa shape index (κ3) is 4.47. The number of piperazine rings is 1. The van der Waals surface area contributed by atoms with E-state index in [0.717, 1.165) is 32.7 Å². The lowest BCUT2D eigenvalue weighted by Crippen LogP contribution is -2.56. The molecule has 1 heterocycles. The minimum Gasteiger partial charge on any atom is -0.339 e. The maximum atomic E-state index is 12.1. The highest BCUT2D eigenvalue weighted by Crippen LogP contribution is 2.11. The molecule has 1 aromatic rings. The number of amides is 1. The molecule has 112 valence electrons. The molecule has 0 atom stereocenters. The topological polar surface area (TPSA) is 49.6 Å². The van der Waals surface area contributed by atoms with Crippen LogP contribution in [0.4, 0.5) is 0 Å². The van der Waals surface area contributed by atoms with Gasteiger partial charge in [-0.1, -0.05) is 30.3 Å². The number of halogens is 1. The molecule has 0 unspecified atom stereocenters. The molecule has 1 amide bonds. The van der Waals surface area contributed by atoms with Crippen molar-refractivity contribution in [1.82, 2.24) is 9.80 Å². The highest BCUT2D eigenvalue weighted by molar-refractivity contribution is 5.85. The molecule has 1 aliphatic rings. The number of carbonyl (C=O) groups is 1. The normalized spacial score (nSPS) is 16.6. The summed E-state index contributed by atoms with van der Waals surface area (Å²) in [6.07, 6.45) is 0. The summed E-state index contributed by atoms with van der Waals surface area (Å²) in [5.74, 6) is 0.0480. The van der Waals surface area contributed by atoms with Gasteiger partial charge in [0.25, 0.3) is 0 Å². The molecule has 0 radical (unpaired) electrons. The second-order valence-electron chi connectivity index (χ2n) is 5.78. The summed E-state index contributed by atoms with van der Waals surface area (Å²) in [7, 11) is 0. The van der Waals surface area contributed by atoms with E-state index >= 15 is 0 Å². The van der Waals surface area contributed by atoms with Crippen LogP contribution in [0, 0.1) is 0 Å². The molecular weight excluding hydrogens is 274 g/mol. The van der Waals surface area contributed by atoms with Crippen LogP contribution in [-0.2, 0) is 11.3 Å². The van der Waals surface area contributed by atoms with Crippen molar-refractivity contribution >= 4 is 18.3 Å². The Morgan fingerprint density at radius 1 is 1.15 bits per heavy atom. The molecule has 20 heavy (non-hydrogen) atoms. The van der Waals surface area contributed by atoms with Crippen molar-refractivity contribution in [3.8, 4) is 0 Å². The second-order valence-corrected chi connectivity index (χ2v) is 5.78. The van der Waals surface area contributed by atoms with Crippen LogP contribution in [0.2, 0.25) is 0 Å². The molecule has 2 N–H and O–H groups in total. The highest BCUT2D eigenvalue weighted by atomic mass is 35.5. The Bertz CT molecular complexity index is 422. The third-order valence-corrected chi connectivity index (χ3v) is 3.46. The van der Waals surface area contributed by atoms with E-state index in [-0.39, 0.29) is 18.3 Å². The van der Waals surface area contributed by atoms with Crippen LogP contribution in [-0.4, -0.2) is 47.4 Å². The first kappa shape index (κ1) is 17.0. The molecule has 2 rings (SSSR count). The summed E-state index contributed by atoms with van der Waals surface area (Å²) in [6.45, 7) is 7.86. The third-order valence-electron chi connectivity index (χ3n) is 3.46. The Labute approximate surface area is 127 Å². The maximum Gasteiger partial charge on any atom is 0.242 e. The van der Waals surface area contributed by atoms with E-state index in [4.69, 9.17) is 5.73 Å². The molecule has 1 aromatic carbocycles. The average molecular weight is 298 g/mol. The van der Waals surface area contributed by atoms with Gasteiger partial charge in [0.2, 0.25) is 5.91 Å². The first-order valence-corrected chi connectivity index (χ1v) is 6.81. The summed E-state index contributed by atoms with van der Waals surface area (Å²) in [5.41, 5.74) is 6.42. The monoisotopic (exact) mass is 297 g/mol. The summed E-state index contributed by atoms with van der Waals surface area (Å²) in [6, 6.07) is 10.4. The first-order chi connectivity index (χ1) is 8.97. The quantitative estimate of drug-likeness (QED) is 0.920. The molecule has 0 aromatic heterocycles. The van der Waals surface area contributed by atoms with E-state index in [9.17, 15) is 4.79 Å². The van der Waals surface area contributed by atoms with Gasteiger partial charge in [-0.05, 0) is 19.4 Å².